The zero-order valence-corrected chi connectivity index (χ0v) is 9.05. The van der Waals surface area contributed by atoms with Crippen molar-refractivity contribution in [2.24, 2.45) is 0 Å². The maximum atomic E-state index is 11.6. The van der Waals surface area contributed by atoms with Crippen LogP contribution in [0.5, 0.6) is 0 Å². The molecule has 1 aromatic heterocycles. The van der Waals surface area contributed by atoms with Gasteiger partial charge in [0, 0.05) is 44.5 Å². The molecule has 0 spiro atoms. The number of rotatable bonds is 2. The van der Waals surface area contributed by atoms with Gasteiger partial charge in [0.2, 0.25) is 0 Å². The number of hydrogen-bond acceptors (Lipinski definition) is 3. The van der Waals surface area contributed by atoms with Crippen LogP contribution in [0.2, 0.25) is 0 Å². The minimum absolute atomic E-state index is 0.0496. The Morgan fingerprint density at radius 1 is 1.40 bits per heavy atom. The quantitative estimate of drug-likeness (QED) is 0.722. The van der Waals surface area contributed by atoms with E-state index in [-0.39, 0.29) is 5.56 Å². The van der Waals surface area contributed by atoms with E-state index in [0.29, 0.717) is 0 Å². The highest BCUT2D eigenvalue weighted by Crippen LogP contribution is 2.05. The zero-order valence-electron chi connectivity index (χ0n) is 9.05. The molecular weight excluding hydrogens is 190 g/mol. The van der Waals surface area contributed by atoms with Gasteiger partial charge in [0.05, 0.1) is 0 Å². The lowest BCUT2D eigenvalue weighted by atomic mass is 10.1. The maximum Gasteiger partial charge on any atom is 0.252 e. The Morgan fingerprint density at radius 3 is 2.80 bits per heavy atom. The first-order chi connectivity index (χ1) is 7.27. The molecule has 1 aromatic rings. The Balaban J connectivity index is 2.12. The second-order valence-electron chi connectivity index (χ2n) is 3.99. The monoisotopic (exact) mass is 207 g/mol. The number of H-pyrrole nitrogens is 1. The Labute approximate surface area is 89.3 Å². The molecule has 0 unspecified atom stereocenters. The van der Waals surface area contributed by atoms with E-state index in [1.807, 2.05) is 13.0 Å². The summed E-state index contributed by atoms with van der Waals surface area (Å²) in [5.74, 6) is 0. The first kappa shape index (κ1) is 10.4. The Kier molecular flexibility index (Phi) is 3.18. The Morgan fingerprint density at radius 2 is 2.13 bits per heavy atom. The lowest BCUT2D eigenvalue weighted by molar-refractivity contribution is 0.232. The maximum absolute atomic E-state index is 11.6. The second kappa shape index (κ2) is 4.59. The van der Waals surface area contributed by atoms with Gasteiger partial charge in [0.1, 0.15) is 0 Å². The number of hydrogen-bond donors (Lipinski definition) is 2. The SMILES string of the molecule is Cc1cc[nH]c(=O)c1CN1CCNCC1. The average Bonchev–Trinajstić information content (AvgIpc) is 2.25. The summed E-state index contributed by atoms with van der Waals surface area (Å²) >= 11 is 0. The Hall–Kier alpha value is -1.13. The standard InChI is InChI=1S/C11H17N3O/c1-9-2-3-13-11(15)10(9)8-14-6-4-12-5-7-14/h2-3,12H,4-8H2,1H3,(H,13,15). The molecular formula is C11H17N3O. The molecule has 0 aliphatic carbocycles. The molecule has 1 aliphatic heterocycles. The number of aromatic nitrogens is 1. The van der Waals surface area contributed by atoms with Crippen molar-refractivity contribution in [3.63, 3.8) is 0 Å². The fraction of sp³-hybridized carbons (Fsp3) is 0.545. The van der Waals surface area contributed by atoms with Crippen LogP contribution in [0.4, 0.5) is 0 Å². The highest BCUT2D eigenvalue weighted by molar-refractivity contribution is 5.21. The molecule has 4 heteroatoms. The summed E-state index contributed by atoms with van der Waals surface area (Å²) in [6, 6.07) is 1.96. The number of nitrogens with zero attached hydrogens (tertiary/aromatic N) is 1. The van der Waals surface area contributed by atoms with Gasteiger partial charge in [0.15, 0.2) is 0 Å². The van der Waals surface area contributed by atoms with E-state index in [0.717, 1.165) is 43.9 Å². The summed E-state index contributed by atoms with van der Waals surface area (Å²) in [5.41, 5.74) is 2.03. The van der Waals surface area contributed by atoms with Crippen LogP contribution in [0.1, 0.15) is 11.1 Å². The molecule has 15 heavy (non-hydrogen) atoms. The molecule has 0 bridgehead atoms. The molecule has 0 aromatic carbocycles. The molecule has 2 N–H and O–H groups in total. The predicted octanol–water partition coefficient (Wildman–Crippen LogP) is 0.0885. The normalized spacial score (nSPS) is 17.9. The fourth-order valence-electron chi connectivity index (χ4n) is 1.90. The van der Waals surface area contributed by atoms with Gasteiger partial charge in [-0.15, -0.1) is 0 Å². The molecule has 2 rings (SSSR count). The van der Waals surface area contributed by atoms with Crippen LogP contribution in [0, 0.1) is 6.92 Å². The first-order valence-electron chi connectivity index (χ1n) is 5.37. The number of nitrogens with one attached hydrogen (secondary N) is 2. The van der Waals surface area contributed by atoms with Crippen molar-refractivity contribution in [2.75, 3.05) is 26.2 Å². The molecule has 2 heterocycles. The average molecular weight is 207 g/mol. The van der Waals surface area contributed by atoms with Crippen molar-refractivity contribution in [1.82, 2.24) is 15.2 Å². The topological polar surface area (TPSA) is 48.1 Å². The van der Waals surface area contributed by atoms with Gasteiger partial charge in [0.25, 0.3) is 5.56 Å². The van der Waals surface area contributed by atoms with Crippen molar-refractivity contribution in [3.8, 4) is 0 Å². The minimum atomic E-state index is 0.0496. The predicted molar refractivity (Wildman–Crippen MR) is 59.9 cm³/mol. The summed E-state index contributed by atoms with van der Waals surface area (Å²) in [7, 11) is 0. The lowest BCUT2D eigenvalue weighted by Gasteiger charge is -2.27. The van der Waals surface area contributed by atoms with Gasteiger partial charge < -0.3 is 10.3 Å². The lowest BCUT2D eigenvalue weighted by Crippen LogP contribution is -2.43. The van der Waals surface area contributed by atoms with Gasteiger partial charge >= 0.3 is 0 Å². The van der Waals surface area contributed by atoms with E-state index in [1.54, 1.807) is 6.20 Å². The molecule has 1 aliphatic rings. The minimum Gasteiger partial charge on any atom is -0.329 e. The van der Waals surface area contributed by atoms with Crippen molar-refractivity contribution in [1.29, 1.82) is 0 Å². The number of aromatic amines is 1. The smallest absolute Gasteiger partial charge is 0.252 e. The van der Waals surface area contributed by atoms with Crippen LogP contribution >= 0.6 is 0 Å². The summed E-state index contributed by atoms with van der Waals surface area (Å²) in [5, 5.41) is 3.30. The van der Waals surface area contributed by atoms with Crippen LogP contribution in [-0.2, 0) is 6.54 Å². The van der Waals surface area contributed by atoms with Crippen LogP contribution in [0.25, 0.3) is 0 Å². The van der Waals surface area contributed by atoms with Crippen molar-refractivity contribution < 1.29 is 0 Å². The van der Waals surface area contributed by atoms with Gasteiger partial charge in [-0.1, -0.05) is 0 Å². The summed E-state index contributed by atoms with van der Waals surface area (Å²) < 4.78 is 0. The fourth-order valence-corrected chi connectivity index (χ4v) is 1.90. The molecule has 1 fully saturated rings. The molecule has 82 valence electrons. The molecule has 0 amide bonds. The second-order valence-corrected chi connectivity index (χ2v) is 3.99. The first-order valence-corrected chi connectivity index (χ1v) is 5.37. The number of pyridine rings is 1. The summed E-state index contributed by atoms with van der Waals surface area (Å²) in [6.07, 6.45) is 1.71. The van der Waals surface area contributed by atoms with Gasteiger partial charge in [-0.05, 0) is 18.6 Å². The summed E-state index contributed by atoms with van der Waals surface area (Å²) in [6.45, 7) is 6.84. The molecule has 0 atom stereocenters. The molecule has 4 nitrogen and oxygen atoms in total. The van der Waals surface area contributed by atoms with Gasteiger partial charge in [-0.2, -0.15) is 0 Å². The summed E-state index contributed by atoms with van der Waals surface area (Å²) in [4.78, 5) is 16.7. The van der Waals surface area contributed by atoms with Crippen molar-refractivity contribution >= 4 is 0 Å². The van der Waals surface area contributed by atoms with E-state index in [2.05, 4.69) is 15.2 Å². The highest BCUT2D eigenvalue weighted by atomic mass is 16.1. The van der Waals surface area contributed by atoms with Crippen LogP contribution in [0.15, 0.2) is 17.1 Å². The third kappa shape index (κ3) is 2.46. The highest BCUT2D eigenvalue weighted by Gasteiger charge is 2.12. The number of piperazine rings is 1. The van der Waals surface area contributed by atoms with Gasteiger partial charge in [-0.3, -0.25) is 9.69 Å². The van der Waals surface area contributed by atoms with Crippen LogP contribution in [-0.4, -0.2) is 36.1 Å². The largest absolute Gasteiger partial charge is 0.329 e. The third-order valence-electron chi connectivity index (χ3n) is 2.89. The van der Waals surface area contributed by atoms with Crippen molar-refractivity contribution in [3.05, 3.63) is 33.7 Å². The molecule has 0 saturated carbocycles. The Bertz CT molecular complexity index is 380. The number of aryl methyl sites for hydroxylation is 1. The van der Waals surface area contributed by atoms with E-state index in [4.69, 9.17) is 0 Å². The molecule has 0 radical (unpaired) electrons. The van der Waals surface area contributed by atoms with E-state index in [1.165, 1.54) is 0 Å². The van der Waals surface area contributed by atoms with Gasteiger partial charge in [-0.25, -0.2) is 0 Å². The van der Waals surface area contributed by atoms with E-state index < -0.39 is 0 Å². The van der Waals surface area contributed by atoms with E-state index >= 15 is 0 Å². The van der Waals surface area contributed by atoms with Crippen LogP contribution in [0.3, 0.4) is 0 Å². The zero-order chi connectivity index (χ0) is 10.7. The van der Waals surface area contributed by atoms with Crippen LogP contribution < -0.4 is 10.9 Å². The van der Waals surface area contributed by atoms with E-state index in [9.17, 15) is 4.79 Å². The van der Waals surface area contributed by atoms with Crippen molar-refractivity contribution in [2.45, 2.75) is 13.5 Å². The molecule has 1 saturated heterocycles. The third-order valence-corrected chi connectivity index (χ3v) is 2.89.